The van der Waals surface area contributed by atoms with Crippen LogP contribution >= 0.6 is 27.3 Å². The number of halogens is 1. The lowest BCUT2D eigenvalue weighted by molar-refractivity contribution is -0.201. The Morgan fingerprint density at radius 3 is 2.65 bits per heavy atom. The lowest BCUT2D eigenvalue weighted by atomic mass is 9.43. The highest BCUT2D eigenvalue weighted by atomic mass is 79.9. The maximum atomic E-state index is 13.2. The smallest absolute Gasteiger partial charge is 0.220 e. The molecule has 5 rings (SSSR count). The molecule has 206 valence electrons. The normalized spacial score (nSPS) is 42.9. The molecule has 3 N–H and O–H groups in total. The minimum Gasteiger partial charge on any atom is -0.393 e. The summed E-state index contributed by atoms with van der Waals surface area (Å²) in [6.45, 7) is 8.86. The zero-order chi connectivity index (χ0) is 26.7. The molecule has 7 heteroatoms. The Kier molecular flexibility index (Phi) is 7.76. The molecule has 0 aliphatic heterocycles. The first kappa shape index (κ1) is 27.8. The topological polar surface area (TPSA) is 86.6 Å². The fourth-order valence-corrected chi connectivity index (χ4v) is 11.1. The Morgan fingerprint density at radius 2 is 1.97 bits per heavy atom. The van der Waals surface area contributed by atoms with Crippen molar-refractivity contribution >= 4 is 39.0 Å². The number of amides is 1. The summed E-state index contributed by atoms with van der Waals surface area (Å²) in [5.74, 6) is 1.75. The summed E-state index contributed by atoms with van der Waals surface area (Å²) >= 11 is 5.19. The number of nitrogens with one attached hydrogen (secondary N) is 1. The van der Waals surface area contributed by atoms with Crippen molar-refractivity contribution in [2.45, 2.75) is 104 Å². The first-order chi connectivity index (χ1) is 17.5. The van der Waals surface area contributed by atoms with Crippen LogP contribution in [0.25, 0.3) is 0 Å². The molecule has 1 aromatic heterocycles. The standard InChI is InChI=1S/C30H44BrNO4S/c1-5-22(24-8-9-26(31)37-24)32-27(36)12-16(2)19-6-7-20-28-21(15-25(35)30(19,20)4)29(3)11-10-18(33)13-17(29)14-23(28)34/h8-9,16-17,19-23,25,28,34-35H,5-7,10-15H2,1-4H3,(H,32,36)/t16-,17+,19-,20+,21+,22-,23-,25+,28+,29+,30-/m1/s1. The summed E-state index contributed by atoms with van der Waals surface area (Å²) in [6, 6.07) is 4.13. The maximum Gasteiger partial charge on any atom is 0.220 e. The molecule has 0 bridgehead atoms. The predicted molar refractivity (Wildman–Crippen MR) is 150 cm³/mol. The monoisotopic (exact) mass is 593 g/mol. The molecule has 0 radical (unpaired) electrons. The number of carbonyl (C=O) groups excluding carboxylic acids is 2. The second kappa shape index (κ2) is 10.3. The highest BCUT2D eigenvalue weighted by Crippen LogP contribution is 2.68. The number of rotatable bonds is 6. The molecular formula is C30H44BrNO4S. The highest BCUT2D eigenvalue weighted by Gasteiger charge is 2.65. The fourth-order valence-electron chi connectivity index (χ4n) is 9.52. The van der Waals surface area contributed by atoms with E-state index in [1.54, 1.807) is 11.3 Å². The largest absolute Gasteiger partial charge is 0.393 e. The number of carbonyl (C=O) groups is 2. The number of ketones is 1. The number of aliphatic hydroxyl groups excluding tert-OH is 2. The lowest BCUT2D eigenvalue weighted by Gasteiger charge is -2.63. The van der Waals surface area contributed by atoms with E-state index >= 15 is 0 Å². The van der Waals surface area contributed by atoms with E-state index in [0.29, 0.717) is 37.9 Å². The van der Waals surface area contributed by atoms with E-state index in [2.05, 4.69) is 55.0 Å². The van der Waals surface area contributed by atoms with Crippen molar-refractivity contribution in [2.24, 2.45) is 46.3 Å². The molecule has 1 heterocycles. The number of thiophene rings is 1. The van der Waals surface area contributed by atoms with Crippen LogP contribution in [0.5, 0.6) is 0 Å². The van der Waals surface area contributed by atoms with Gasteiger partial charge >= 0.3 is 0 Å². The van der Waals surface area contributed by atoms with E-state index in [1.807, 2.05) is 6.07 Å². The van der Waals surface area contributed by atoms with E-state index in [4.69, 9.17) is 0 Å². The van der Waals surface area contributed by atoms with Crippen molar-refractivity contribution in [3.63, 3.8) is 0 Å². The van der Waals surface area contributed by atoms with Gasteiger partial charge in [-0.3, -0.25) is 9.59 Å². The van der Waals surface area contributed by atoms with Crippen molar-refractivity contribution in [2.75, 3.05) is 0 Å². The molecule has 5 nitrogen and oxygen atoms in total. The van der Waals surface area contributed by atoms with Crippen LogP contribution in [0.1, 0.15) is 96.4 Å². The molecule has 4 saturated carbocycles. The molecule has 0 aromatic carbocycles. The van der Waals surface area contributed by atoms with Crippen LogP contribution in [0.3, 0.4) is 0 Å². The molecule has 0 spiro atoms. The quantitative estimate of drug-likeness (QED) is 0.362. The Bertz CT molecular complexity index is 1030. The van der Waals surface area contributed by atoms with Crippen molar-refractivity contribution in [3.05, 3.63) is 20.8 Å². The van der Waals surface area contributed by atoms with Crippen LogP contribution in [-0.4, -0.2) is 34.1 Å². The van der Waals surface area contributed by atoms with Gasteiger partial charge in [0.1, 0.15) is 5.78 Å². The molecule has 0 unspecified atom stereocenters. The molecule has 0 saturated heterocycles. The van der Waals surface area contributed by atoms with Gasteiger partial charge in [-0.1, -0.05) is 27.7 Å². The summed E-state index contributed by atoms with van der Waals surface area (Å²) < 4.78 is 1.07. The third-order valence-electron chi connectivity index (χ3n) is 11.6. The summed E-state index contributed by atoms with van der Waals surface area (Å²) in [5.41, 5.74) is -0.270. The average molecular weight is 595 g/mol. The summed E-state index contributed by atoms with van der Waals surface area (Å²) in [5, 5.41) is 26.5. The van der Waals surface area contributed by atoms with Gasteiger partial charge in [-0.05, 0) is 113 Å². The summed E-state index contributed by atoms with van der Waals surface area (Å²) in [7, 11) is 0. The zero-order valence-electron chi connectivity index (χ0n) is 22.7. The van der Waals surface area contributed by atoms with Crippen LogP contribution in [0.15, 0.2) is 15.9 Å². The lowest BCUT2D eigenvalue weighted by Crippen LogP contribution is -2.62. The predicted octanol–water partition coefficient (Wildman–Crippen LogP) is 6.27. The molecule has 37 heavy (non-hydrogen) atoms. The molecule has 4 aliphatic carbocycles. The number of hydrogen-bond acceptors (Lipinski definition) is 5. The van der Waals surface area contributed by atoms with E-state index in [-0.39, 0.29) is 58.3 Å². The molecule has 1 aromatic rings. The first-order valence-electron chi connectivity index (χ1n) is 14.4. The van der Waals surface area contributed by atoms with Gasteiger partial charge in [0.25, 0.3) is 0 Å². The van der Waals surface area contributed by atoms with E-state index in [9.17, 15) is 19.8 Å². The number of fused-ring (bicyclic) bond motifs is 5. The van der Waals surface area contributed by atoms with Crippen LogP contribution in [0.2, 0.25) is 0 Å². The third-order valence-corrected chi connectivity index (χ3v) is 13.3. The Balaban J connectivity index is 1.31. The summed E-state index contributed by atoms with van der Waals surface area (Å²) in [6.07, 6.45) is 6.00. The molecule has 1 amide bonds. The minimum absolute atomic E-state index is 0.0235. The first-order valence-corrected chi connectivity index (χ1v) is 16.0. The van der Waals surface area contributed by atoms with Crippen LogP contribution in [0.4, 0.5) is 0 Å². The van der Waals surface area contributed by atoms with E-state index in [0.717, 1.165) is 29.5 Å². The molecule has 11 atom stereocenters. The second-order valence-corrected chi connectivity index (χ2v) is 15.7. The minimum atomic E-state index is -0.441. The number of Topliss-reactive ketones (excluding diaryl/α,β-unsaturated/α-hetero) is 1. The Morgan fingerprint density at radius 1 is 1.22 bits per heavy atom. The van der Waals surface area contributed by atoms with Crippen LogP contribution in [0, 0.1) is 46.3 Å². The van der Waals surface area contributed by atoms with Gasteiger partial charge in [0.15, 0.2) is 0 Å². The van der Waals surface area contributed by atoms with Gasteiger partial charge in [0, 0.05) is 24.1 Å². The van der Waals surface area contributed by atoms with Gasteiger partial charge in [-0.2, -0.15) is 0 Å². The maximum absolute atomic E-state index is 13.2. The molecular weight excluding hydrogens is 550 g/mol. The fraction of sp³-hybridized carbons (Fsp3) is 0.800. The Hall–Kier alpha value is -0.760. The van der Waals surface area contributed by atoms with Gasteiger partial charge in [-0.15, -0.1) is 11.3 Å². The van der Waals surface area contributed by atoms with Crippen molar-refractivity contribution in [1.29, 1.82) is 0 Å². The van der Waals surface area contributed by atoms with Crippen molar-refractivity contribution in [1.82, 2.24) is 5.32 Å². The van der Waals surface area contributed by atoms with Crippen molar-refractivity contribution in [3.8, 4) is 0 Å². The average Bonchev–Trinajstić information content (AvgIpc) is 3.43. The van der Waals surface area contributed by atoms with Crippen LogP contribution in [-0.2, 0) is 9.59 Å². The van der Waals surface area contributed by atoms with Gasteiger partial charge in [-0.25, -0.2) is 0 Å². The van der Waals surface area contributed by atoms with Gasteiger partial charge in [0.2, 0.25) is 5.91 Å². The second-order valence-electron chi connectivity index (χ2n) is 13.2. The van der Waals surface area contributed by atoms with Gasteiger partial charge in [0.05, 0.1) is 22.0 Å². The van der Waals surface area contributed by atoms with Crippen LogP contribution < -0.4 is 5.32 Å². The summed E-state index contributed by atoms with van der Waals surface area (Å²) in [4.78, 5) is 26.6. The highest BCUT2D eigenvalue weighted by molar-refractivity contribution is 9.11. The van der Waals surface area contributed by atoms with E-state index in [1.165, 1.54) is 4.88 Å². The van der Waals surface area contributed by atoms with Crippen molar-refractivity contribution < 1.29 is 19.8 Å². The molecule has 4 fully saturated rings. The number of hydrogen-bond donors (Lipinski definition) is 3. The Labute approximate surface area is 234 Å². The van der Waals surface area contributed by atoms with Gasteiger partial charge < -0.3 is 15.5 Å². The number of aliphatic hydroxyl groups is 2. The molecule has 4 aliphatic rings. The van der Waals surface area contributed by atoms with E-state index < -0.39 is 12.2 Å². The zero-order valence-corrected chi connectivity index (χ0v) is 25.1. The third kappa shape index (κ3) is 4.68. The SMILES string of the molecule is CC[C@@H](NC(=O)C[C@@H](C)[C@H]1CC[C@H]2[C@@H]3[C@H](O)C[C@@H]4CC(=O)CC[C@]4(C)[C@H]3C[C@H](O)[C@]12C)c1ccc(Br)s1.